The van der Waals surface area contributed by atoms with Crippen LogP contribution in [-0.4, -0.2) is 113 Å². The summed E-state index contributed by atoms with van der Waals surface area (Å²) in [7, 11) is 0. The van der Waals surface area contributed by atoms with Crippen molar-refractivity contribution in [1.82, 2.24) is 19.6 Å². The molecule has 1 fully saturated rings. The SMILES string of the molecule is Br.CCN1CC2=C(C1=O)[C@@H](c1ccc(C#N)cc1)N(CCC[N+]1(CCCN3C(=O)N(c4cccc(C(F)(F)F)c4)C4=C(C(=O)N(CC)C4)[C@H]3c3ccc(C#N)cc3)CCCC1)C(=O)N2c1cccc(C(F)(F)F)c1. The highest BCUT2D eigenvalue weighted by Gasteiger charge is 2.51. The van der Waals surface area contributed by atoms with Crippen LogP contribution in [0.2, 0.25) is 0 Å². The molecule has 0 N–H and O–H groups in total. The number of likely N-dealkylation sites (N-methyl/N-ethyl adjacent to an activating group) is 2. The van der Waals surface area contributed by atoms with Gasteiger partial charge in [0, 0.05) is 51.9 Å². The summed E-state index contributed by atoms with van der Waals surface area (Å²) >= 11 is 0. The molecule has 4 aromatic carbocycles. The number of benzene rings is 4. The van der Waals surface area contributed by atoms with E-state index in [0.717, 1.165) is 50.2 Å². The minimum atomic E-state index is -4.70. The number of halogens is 7. The Morgan fingerprint density at radius 2 is 0.959 bits per heavy atom. The molecule has 0 aromatic heterocycles. The highest BCUT2D eigenvalue weighted by atomic mass is 79.9. The summed E-state index contributed by atoms with van der Waals surface area (Å²) in [6.45, 7) is 6.91. The molecule has 6 amide bonds. The minimum Gasteiger partial charge on any atom is -0.333 e. The predicted octanol–water partition coefficient (Wildman–Crippen LogP) is 10.3. The van der Waals surface area contributed by atoms with E-state index >= 15 is 9.59 Å². The Morgan fingerprint density at radius 1 is 0.581 bits per heavy atom. The molecule has 0 bridgehead atoms. The second-order valence-electron chi connectivity index (χ2n) is 19.0. The summed E-state index contributed by atoms with van der Waals surface area (Å²) in [6.07, 6.45) is -6.84. The number of rotatable bonds is 14. The maximum Gasteiger partial charge on any atom is 0.416 e. The van der Waals surface area contributed by atoms with Crippen LogP contribution in [0.25, 0.3) is 0 Å². The number of nitrogens with zero attached hydrogens (tertiary/aromatic N) is 9. The maximum absolute atomic E-state index is 15.1. The Hall–Kier alpha value is -7.16. The molecule has 0 radical (unpaired) electrons. The van der Waals surface area contributed by atoms with Crippen LogP contribution in [0, 0.1) is 22.7 Å². The second-order valence-corrected chi connectivity index (χ2v) is 19.0. The number of carbonyl (C=O) groups is 4. The molecule has 5 aliphatic heterocycles. The Balaban J connectivity index is 0.00000729. The van der Waals surface area contributed by atoms with Crippen molar-refractivity contribution in [3.8, 4) is 12.1 Å². The number of likely N-dealkylation sites (tertiary alicyclic amines) is 1. The van der Waals surface area contributed by atoms with E-state index in [2.05, 4.69) is 12.1 Å². The van der Waals surface area contributed by atoms with E-state index in [-0.39, 0.29) is 102 Å². The van der Waals surface area contributed by atoms with Crippen LogP contribution in [0.3, 0.4) is 0 Å². The molecule has 74 heavy (non-hydrogen) atoms. The summed E-state index contributed by atoms with van der Waals surface area (Å²) in [4.78, 5) is 67.3. The number of amides is 6. The number of anilines is 2. The lowest BCUT2D eigenvalue weighted by molar-refractivity contribution is -0.917. The van der Waals surface area contributed by atoms with E-state index in [0.29, 0.717) is 52.7 Å². The molecule has 2 atom stereocenters. The molecule has 5 heterocycles. The lowest BCUT2D eigenvalue weighted by atomic mass is 9.92. The maximum atomic E-state index is 15.1. The third-order valence-electron chi connectivity index (χ3n) is 14.8. The first-order valence-electron chi connectivity index (χ1n) is 24.4. The standard InChI is InChI=1S/C54H52F6N9O4.BrH/c1-3-63-33-43-45(49(63)70)47(37-19-15-35(31-61)16-20-37)65(51(72)67(43)41-13-7-11-39(29-41)53(55,56)57)23-9-27-69(25-5-6-26-69)28-10-24-66-48(38-21-17-36(32-62)18-22-38)46-44(34-64(4-2)50(46)71)68(52(66)73)42-14-8-12-40(30-42)54(58,59)60;/h7-8,11-22,29-30,47-48H,3-6,9-10,23-28,33-34H2,1-2H3;1H/q+1;/t47-,48-;/m1./s1. The van der Waals surface area contributed by atoms with Crippen LogP contribution in [0.1, 0.15) is 85.0 Å². The number of urea groups is 2. The molecule has 13 nitrogen and oxygen atoms in total. The van der Waals surface area contributed by atoms with Gasteiger partial charge in [-0.3, -0.25) is 19.4 Å². The van der Waals surface area contributed by atoms with E-state index in [1.807, 2.05) is 0 Å². The molecule has 4 aromatic rings. The van der Waals surface area contributed by atoms with Gasteiger partial charge in [-0.1, -0.05) is 36.4 Å². The second kappa shape index (κ2) is 21.0. The van der Waals surface area contributed by atoms with Crippen LogP contribution in [-0.2, 0) is 21.9 Å². The monoisotopic (exact) mass is 1080 g/mol. The summed E-state index contributed by atoms with van der Waals surface area (Å²) in [6, 6.07) is 23.2. The van der Waals surface area contributed by atoms with Gasteiger partial charge in [0.25, 0.3) is 11.8 Å². The number of alkyl halides is 6. The van der Waals surface area contributed by atoms with Crippen LogP contribution >= 0.6 is 17.0 Å². The average Bonchev–Trinajstić information content (AvgIpc) is 4.08. The van der Waals surface area contributed by atoms with Gasteiger partial charge in [-0.05, 0) is 85.6 Å². The summed E-state index contributed by atoms with van der Waals surface area (Å²) in [5.74, 6) is -0.709. The van der Waals surface area contributed by atoms with Crippen LogP contribution in [0.4, 0.5) is 47.3 Å². The summed E-state index contributed by atoms with van der Waals surface area (Å²) in [5.41, 5.74) is 0.952. The van der Waals surface area contributed by atoms with E-state index in [9.17, 15) is 46.5 Å². The van der Waals surface area contributed by atoms with Gasteiger partial charge < -0.3 is 24.1 Å². The molecule has 0 saturated carbocycles. The first-order valence-corrected chi connectivity index (χ1v) is 24.4. The van der Waals surface area contributed by atoms with Gasteiger partial charge in [-0.2, -0.15) is 36.9 Å². The Morgan fingerprint density at radius 3 is 1.30 bits per heavy atom. The van der Waals surface area contributed by atoms with Crippen molar-refractivity contribution >= 4 is 52.2 Å². The summed E-state index contributed by atoms with van der Waals surface area (Å²) < 4.78 is 85.3. The number of hydrogen-bond acceptors (Lipinski definition) is 6. The first-order chi connectivity index (χ1) is 34.9. The molecule has 386 valence electrons. The van der Waals surface area contributed by atoms with Crippen molar-refractivity contribution in [1.29, 1.82) is 10.5 Å². The Labute approximate surface area is 435 Å². The fourth-order valence-electron chi connectivity index (χ4n) is 11.2. The summed E-state index contributed by atoms with van der Waals surface area (Å²) in [5, 5.41) is 19.2. The third kappa shape index (κ3) is 9.84. The van der Waals surface area contributed by atoms with E-state index in [1.54, 1.807) is 72.2 Å². The van der Waals surface area contributed by atoms with Gasteiger partial charge >= 0.3 is 24.4 Å². The zero-order valence-corrected chi connectivity index (χ0v) is 42.3. The lowest BCUT2D eigenvalue weighted by Crippen LogP contribution is -2.53. The highest BCUT2D eigenvalue weighted by molar-refractivity contribution is 8.93. The zero-order valence-electron chi connectivity index (χ0n) is 40.6. The normalized spacial score (nSPS) is 19.8. The quantitative estimate of drug-likeness (QED) is 0.0912. The fourth-order valence-corrected chi connectivity index (χ4v) is 11.2. The zero-order chi connectivity index (χ0) is 52.0. The van der Waals surface area contributed by atoms with Crippen molar-refractivity contribution in [2.45, 2.75) is 64.0 Å². The number of hydrogen-bond donors (Lipinski definition) is 0. The third-order valence-corrected chi connectivity index (χ3v) is 14.8. The molecule has 1 saturated heterocycles. The van der Waals surface area contributed by atoms with Gasteiger partial charge in [0.15, 0.2) is 0 Å². The molecule has 20 heteroatoms. The van der Waals surface area contributed by atoms with Gasteiger partial charge in [0.2, 0.25) is 0 Å². The van der Waals surface area contributed by atoms with Crippen molar-refractivity contribution in [2.24, 2.45) is 0 Å². The number of carbonyl (C=O) groups excluding carboxylic acids is 4. The van der Waals surface area contributed by atoms with E-state index in [4.69, 9.17) is 0 Å². The van der Waals surface area contributed by atoms with E-state index in [1.165, 1.54) is 43.9 Å². The molecule has 0 spiro atoms. The molecule has 5 aliphatic rings. The van der Waals surface area contributed by atoms with Gasteiger partial charge in [0.1, 0.15) is 0 Å². The van der Waals surface area contributed by atoms with Gasteiger partial charge in [-0.25, -0.2) is 9.59 Å². The molecular weight excluding hydrogens is 1030 g/mol. The van der Waals surface area contributed by atoms with Gasteiger partial charge in [0.05, 0.1) is 120 Å². The molecule has 0 unspecified atom stereocenters. The fraction of sp³-hybridized carbons (Fsp3) is 0.370. The first kappa shape index (κ1) is 53.1. The van der Waals surface area contributed by atoms with E-state index < -0.39 is 47.6 Å². The van der Waals surface area contributed by atoms with Crippen molar-refractivity contribution in [2.75, 3.05) is 75.2 Å². The van der Waals surface area contributed by atoms with Crippen molar-refractivity contribution in [3.63, 3.8) is 0 Å². The largest absolute Gasteiger partial charge is 0.416 e. The molecule has 0 aliphatic carbocycles. The smallest absolute Gasteiger partial charge is 0.333 e. The molecule has 9 rings (SSSR count). The number of quaternary nitrogens is 1. The minimum absolute atomic E-state index is 0. The van der Waals surface area contributed by atoms with Crippen molar-refractivity contribution < 1.29 is 50.0 Å². The predicted molar refractivity (Wildman–Crippen MR) is 267 cm³/mol. The van der Waals surface area contributed by atoms with Crippen LogP contribution < -0.4 is 9.80 Å². The molecular formula is C54H53BrF6N9O4+. The average molecular weight is 1090 g/mol. The van der Waals surface area contributed by atoms with Crippen molar-refractivity contribution in [3.05, 3.63) is 153 Å². The Kier molecular flexibility index (Phi) is 15.1. The topological polar surface area (TPSA) is 135 Å². The lowest BCUT2D eigenvalue weighted by Gasteiger charge is -2.43. The van der Waals surface area contributed by atoms with Gasteiger partial charge in [-0.15, -0.1) is 17.0 Å². The van der Waals surface area contributed by atoms with Crippen LogP contribution in [0.15, 0.2) is 120 Å². The Bertz CT molecular complexity index is 2800. The van der Waals surface area contributed by atoms with Crippen LogP contribution in [0.5, 0.6) is 0 Å². The number of nitriles is 2. The highest BCUT2D eigenvalue weighted by Crippen LogP contribution is 2.47.